The summed E-state index contributed by atoms with van der Waals surface area (Å²) in [7, 11) is 3.98. The van der Waals surface area contributed by atoms with Crippen molar-refractivity contribution in [2.45, 2.75) is 10.6 Å². The summed E-state index contributed by atoms with van der Waals surface area (Å²) in [5.41, 5.74) is 3.09. The molecule has 0 atom stereocenters. The number of carbonyl (C=O) groups excluding carboxylic acids is 1. The van der Waals surface area contributed by atoms with Gasteiger partial charge in [-0.1, -0.05) is 0 Å². The molecule has 0 aliphatic rings. The van der Waals surface area contributed by atoms with Crippen LogP contribution >= 0.6 is 23.1 Å². The van der Waals surface area contributed by atoms with E-state index in [9.17, 15) is 4.79 Å². The SMILES string of the molecule is CN(C)c1ccc(NC(=O)c2sccc2SCc2ccncc2)cc1. The Bertz CT molecular complexity index is 829. The number of hydrogen-bond donors (Lipinski definition) is 1. The average Bonchev–Trinajstić information content (AvgIpc) is 3.10. The van der Waals surface area contributed by atoms with Crippen LogP contribution in [0.25, 0.3) is 0 Å². The number of thioether (sulfide) groups is 1. The summed E-state index contributed by atoms with van der Waals surface area (Å²) in [6.45, 7) is 0. The lowest BCUT2D eigenvalue weighted by Gasteiger charge is -2.13. The standard InChI is InChI=1S/C19H19N3OS2/c1-22(2)16-5-3-15(4-6-16)21-19(23)18-17(9-12-24-18)25-13-14-7-10-20-11-8-14/h3-12H,13H2,1-2H3,(H,21,23). The number of nitrogens with one attached hydrogen (secondary N) is 1. The maximum atomic E-state index is 12.6. The highest BCUT2D eigenvalue weighted by Crippen LogP contribution is 2.31. The van der Waals surface area contributed by atoms with Crippen molar-refractivity contribution < 1.29 is 4.79 Å². The summed E-state index contributed by atoms with van der Waals surface area (Å²) in [4.78, 5) is 20.4. The van der Waals surface area contributed by atoms with E-state index in [0.717, 1.165) is 26.9 Å². The first-order valence-electron chi connectivity index (χ1n) is 7.81. The Morgan fingerprint density at radius 2 is 1.84 bits per heavy atom. The molecule has 0 unspecified atom stereocenters. The molecular formula is C19H19N3OS2. The quantitative estimate of drug-likeness (QED) is 0.637. The van der Waals surface area contributed by atoms with E-state index in [0.29, 0.717) is 0 Å². The van der Waals surface area contributed by atoms with Gasteiger partial charge in [0.2, 0.25) is 0 Å². The molecular weight excluding hydrogens is 350 g/mol. The van der Waals surface area contributed by atoms with E-state index in [2.05, 4.69) is 10.3 Å². The minimum atomic E-state index is -0.0650. The van der Waals surface area contributed by atoms with E-state index in [-0.39, 0.29) is 5.91 Å². The third-order valence-corrected chi connectivity index (χ3v) is 5.79. The van der Waals surface area contributed by atoms with Gasteiger partial charge in [0.15, 0.2) is 0 Å². The van der Waals surface area contributed by atoms with Crippen molar-refractivity contribution in [2.75, 3.05) is 24.3 Å². The van der Waals surface area contributed by atoms with Gasteiger partial charge < -0.3 is 10.2 Å². The van der Waals surface area contributed by atoms with Gasteiger partial charge in [0.25, 0.3) is 5.91 Å². The fourth-order valence-corrected chi connectivity index (χ4v) is 4.24. The van der Waals surface area contributed by atoms with Crippen LogP contribution in [0.2, 0.25) is 0 Å². The van der Waals surface area contributed by atoms with E-state index >= 15 is 0 Å². The van der Waals surface area contributed by atoms with Crippen LogP contribution in [-0.2, 0) is 5.75 Å². The van der Waals surface area contributed by atoms with Gasteiger partial charge in [-0.2, -0.15) is 0 Å². The molecule has 6 heteroatoms. The van der Waals surface area contributed by atoms with Gasteiger partial charge in [0, 0.05) is 48.5 Å². The second kappa shape index (κ2) is 8.18. The number of thiophene rings is 1. The smallest absolute Gasteiger partial charge is 0.266 e. The number of aromatic nitrogens is 1. The maximum absolute atomic E-state index is 12.6. The molecule has 128 valence electrons. The number of pyridine rings is 1. The van der Waals surface area contributed by atoms with E-state index in [1.807, 2.05) is 66.8 Å². The minimum Gasteiger partial charge on any atom is -0.378 e. The fourth-order valence-electron chi connectivity index (χ4n) is 2.25. The molecule has 1 amide bonds. The van der Waals surface area contributed by atoms with Crippen LogP contribution in [0.15, 0.2) is 65.1 Å². The summed E-state index contributed by atoms with van der Waals surface area (Å²) in [6.07, 6.45) is 3.57. The molecule has 0 fully saturated rings. The topological polar surface area (TPSA) is 45.2 Å². The van der Waals surface area contributed by atoms with Crippen LogP contribution in [0, 0.1) is 0 Å². The van der Waals surface area contributed by atoms with Crippen LogP contribution in [0.4, 0.5) is 11.4 Å². The second-order valence-corrected chi connectivity index (χ2v) is 7.59. The average molecular weight is 370 g/mol. The molecule has 0 saturated heterocycles. The molecule has 0 spiro atoms. The molecule has 0 radical (unpaired) electrons. The predicted molar refractivity (Wildman–Crippen MR) is 107 cm³/mol. The van der Waals surface area contributed by atoms with E-state index in [1.54, 1.807) is 24.2 Å². The predicted octanol–water partition coefficient (Wildman–Crippen LogP) is 4.75. The summed E-state index contributed by atoms with van der Waals surface area (Å²) in [5.74, 6) is 0.752. The largest absolute Gasteiger partial charge is 0.378 e. The number of anilines is 2. The molecule has 1 N–H and O–H groups in total. The summed E-state index contributed by atoms with van der Waals surface area (Å²) >= 11 is 3.13. The number of nitrogens with zero attached hydrogens (tertiary/aromatic N) is 2. The maximum Gasteiger partial charge on any atom is 0.266 e. The third kappa shape index (κ3) is 4.61. The van der Waals surface area contributed by atoms with Gasteiger partial charge in [0.05, 0.1) is 0 Å². The Kier molecular flexibility index (Phi) is 5.73. The van der Waals surface area contributed by atoms with Gasteiger partial charge >= 0.3 is 0 Å². The number of amides is 1. The van der Waals surface area contributed by atoms with Crippen molar-refractivity contribution in [3.63, 3.8) is 0 Å². The summed E-state index contributed by atoms with van der Waals surface area (Å²) in [6, 6.07) is 13.8. The van der Waals surface area contributed by atoms with Gasteiger partial charge in [0.1, 0.15) is 4.88 Å². The van der Waals surface area contributed by atoms with Gasteiger partial charge in [-0.25, -0.2) is 0 Å². The van der Waals surface area contributed by atoms with Gasteiger partial charge in [-0.05, 0) is 53.4 Å². The summed E-state index contributed by atoms with van der Waals surface area (Å²) < 4.78 is 0. The van der Waals surface area contributed by atoms with Gasteiger partial charge in [-0.3, -0.25) is 9.78 Å². The molecule has 25 heavy (non-hydrogen) atoms. The van der Waals surface area contributed by atoms with Crippen molar-refractivity contribution in [3.8, 4) is 0 Å². The first kappa shape index (κ1) is 17.5. The van der Waals surface area contributed by atoms with Crippen LogP contribution in [0.5, 0.6) is 0 Å². The van der Waals surface area contributed by atoms with E-state index in [4.69, 9.17) is 0 Å². The van der Waals surface area contributed by atoms with Crippen LogP contribution < -0.4 is 10.2 Å². The minimum absolute atomic E-state index is 0.0650. The normalized spacial score (nSPS) is 10.5. The zero-order valence-corrected chi connectivity index (χ0v) is 15.7. The number of carbonyl (C=O) groups is 1. The molecule has 2 aromatic heterocycles. The first-order valence-corrected chi connectivity index (χ1v) is 9.68. The lowest BCUT2D eigenvalue weighted by Crippen LogP contribution is -2.12. The molecule has 0 aliphatic carbocycles. The van der Waals surface area contributed by atoms with Crippen molar-refractivity contribution in [1.82, 2.24) is 4.98 Å². The molecule has 4 nitrogen and oxygen atoms in total. The Hall–Kier alpha value is -2.31. The molecule has 3 rings (SSSR count). The summed E-state index contributed by atoms with van der Waals surface area (Å²) in [5, 5.41) is 4.94. The first-order chi connectivity index (χ1) is 12.1. The highest BCUT2D eigenvalue weighted by atomic mass is 32.2. The van der Waals surface area contributed by atoms with Crippen LogP contribution in [0.3, 0.4) is 0 Å². The Labute approximate surface area is 155 Å². The lowest BCUT2D eigenvalue weighted by atomic mass is 10.2. The van der Waals surface area contributed by atoms with E-state index < -0.39 is 0 Å². The third-order valence-electron chi connectivity index (χ3n) is 3.62. The monoisotopic (exact) mass is 369 g/mol. The lowest BCUT2D eigenvalue weighted by molar-refractivity contribution is 0.102. The second-order valence-electron chi connectivity index (χ2n) is 5.65. The zero-order valence-electron chi connectivity index (χ0n) is 14.1. The molecule has 3 aromatic rings. The molecule has 1 aromatic carbocycles. The zero-order chi connectivity index (χ0) is 17.6. The van der Waals surface area contributed by atoms with Crippen molar-refractivity contribution in [1.29, 1.82) is 0 Å². The van der Waals surface area contributed by atoms with Gasteiger partial charge in [-0.15, -0.1) is 23.1 Å². The Balaban J connectivity index is 1.65. The van der Waals surface area contributed by atoms with Crippen molar-refractivity contribution >= 4 is 40.4 Å². The number of hydrogen-bond acceptors (Lipinski definition) is 5. The van der Waals surface area contributed by atoms with E-state index in [1.165, 1.54) is 16.9 Å². The number of benzene rings is 1. The van der Waals surface area contributed by atoms with Crippen molar-refractivity contribution in [3.05, 3.63) is 70.7 Å². The van der Waals surface area contributed by atoms with Crippen LogP contribution in [-0.4, -0.2) is 25.0 Å². The highest BCUT2D eigenvalue weighted by Gasteiger charge is 2.14. The fraction of sp³-hybridized carbons (Fsp3) is 0.158. The molecule has 2 heterocycles. The Morgan fingerprint density at radius 3 is 2.52 bits per heavy atom. The van der Waals surface area contributed by atoms with Crippen molar-refractivity contribution in [2.24, 2.45) is 0 Å². The number of rotatable bonds is 6. The molecule has 0 aliphatic heterocycles. The Morgan fingerprint density at radius 1 is 1.12 bits per heavy atom. The van der Waals surface area contributed by atoms with Crippen LogP contribution in [0.1, 0.15) is 15.2 Å². The molecule has 0 bridgehead atoms. The highest BCUT2D eigenvalue weighted by molar-refractivity contribution is 7.98. The molecule has 0 saturated carbocycles.